The van der Waals surface area contributed by atoms with Crippen LogP contribution in [-0.4, -0.2) is 83.3 Å². The Kier molecular flexibility index (Phi) is 27.6. The molecule has 2 fully saturated rings. The normalized spacial score (nSPS) is 16.2. The Balaban J connectivity index is -0.000000653. The summed E-state index contributed by atoms with van der Waals surface area (Å²) in [5, 5.41) is 26.7. The molecule has 2 saturated heterocycles. The number of ether oxygens (including phenoxy) is 2. The molecule has 0 aliphatic carbocycles. The van der Waals surface area contributed by atoms with Gasteiger partial charge in [-0.25, -0.2) is 19.2 Å². The van der Waals surface area contributed by atoms with Gasteiger partial charge in [0.1, 0.15) is 12.1 Å². The van der Waals surface area contributed by atoms with Gasteiger partial charge in [0.2, 0.25) is 11.8 Å². The molecular weight excluding hydrogens is 802 g/mol. The summed E-state index contributed by atoms with van der Waals surface area (Å²) in [7, 11) is 9.75. The minimum atomic E-state index is -1.01. The van der Waals surface area contributed by atoms with E-state index in [9.17, 15) is 38.4 Å². The zero-order valence-electron chi connectivity index (χ0n) is 23.7. The van der Waals surface area contributed by atoms with Crippen LogP contribution in [0.2, 0.25) is 0 Å². The molecule has 4 amide bonds. The number of halogens is 2. The molecule has 2 heterocycles. The third kappa shape index (κ3) is 24.2. The molecule has 0 aromatic rings. The van der Waals surface area contributed by atoms with Crippen molar-refractivity contribution in [1.29, 1.82) is 0 Å². The van der Waals surface area contributed by atoms with E-state index in [0.717, 1.165) is 0 Å². The van der Waals surface area contributed by atoms with Crippen LogP contribution >= 0.6 is 18.8 Å². The number of hydrogen-bond acceptors (Lipinski definition) is 10. The summed E-state index contributed by atoms with van der Waals surface area (Å²) in [5.74, 6) is -3.78. The summed E-state index contributed by atoms with van der Waals surface area (Å²) in [6.07, 6.45) is 1.55. The first-order valence-electron chi connectivity index (χ1n) is 12.2. The Labute approximate surface area is 266 Å². The van der Waals surface area contributed by atoms with E-state index in [1.807, 2.05) is 0 Å². The number of hydrogen-bond donors (Lipinski definition) is 6. The van der Waals surface area contributed by atoms with E-state index in [1.165, 1.54) is 0 Å². The van der Waals surface area contributed by atoms with E-state index in [0.29, 0.717) is 51.6 Å². The molecule has 2 atom stereocenters. The number of amides is 4. The van der Waals surface area contributed by atoms with E-state index < -0.39 is 64.6 Å². The van der Waals surface area contributed by atoms with E-state index in [-0.39, 0.29) is 52.4 Å². The Morgan fingerprint density at radius 3 is 1.26 bits per heavy atom. The standard InChI is InChI=1S/2C11H16N2O6.2CH3.2ClH.Pt/c2*14-8(4-5-9(15)16)12-6-2-1-3-7-10(17)19-11(18)13-7;;;;;/h2*7H,1-6H2,(H,12,14)(H,13,18)(H,15,16);2*1H3;2*1H;/q;;2*-1;;;+4/p-2. The number of aliphatic carboxylic acids is 2. The van der Waals surface area contributed by atoms with Gasteiger partial charge < -0.3 is 55.8 Å². The number of cyclic esters (lactones) is 4. The van der Waals surface area contributed by atoms with Crippen LogP contribution in [0.15, 0.2) is 0 Å². The van der Waals surface area contributed by atoms with Crippen LogP contribution in [0.3, 0.4) is 0 Å². The summed E-state index contributed by atoms with van der Waals surface area (Å²) in [5.41, 5.74) is 0. The van der Waals surface area contributed by atoms with Gasteiger partial charge in [0.15, 0.2) is 0 Å². The van der Waals surface area contributed by atoms with E-state index in [1.54, 1.807) is 0 Å². The summed E-state index contributed by atoms with van der Waals surface area (Å²) in [4.78, 5) is 86.3. The molecule has 2 aliphatic heterocycles. The molecule has 0 radical (unpaired) electrons. The zero-order chi connectivity index (χ0) is 31.2. The number of carbonyl (C=O) groups excluding carboxylic acids is 6. The van der Waals surface area contributed by atoms with Gasteiger partial charge in [0.25, 0.3) is 0 Å². The SMILES string of the molecule is O=C(O)CCC(=O)NCCCCC1NC(=O)OC1=O.O=C(O)CCC(=O)NCCCCC1NC(=O)OC1=O.[CH3-].[CH3-].[Cl][Pt+2][Cl]. The summed E-state index contributed by atoms with van der Waals surface area (Å²) in [6.45, 7) is 0.822. The topological polar surface area (TPSA) is 244 Å². The quantitative estimate of drug-likeness (QED) is 0.0565. The predicted molar refractivity (Wildman–Crippen MR) is 149 cm³/mol. The van der Waals surface area contributed by atoms with Crippen molar-refractivity contribution in [1.82, 2.24) is 21.3 Å². The number of nitrogens with one attached hydrogen (secondary N) is 4. The number of alkyl carbamates (subject to hydrolysis) is 2. The van der Waals surface area contributed by atoms with Crippen LogP contribution in [0.5, 0.6) is 0 Å². The average Bonchev–Trinajstić information content (AvgIpc) is 3.39. The molecule has 43 heavy (non-hydrogen) atoms. The number of carboxylic acid groups (broad SMARTS) is 2. The van der Waals surface area contributed by atoms with Crippen molar-refractivity contribution in [3.05, 3.63) is 14.9 Å². The second-order valence-electron chi connectivity index (χ2n) is 8.34. The first-order chi connectivity index (χ1) is 19.4. The van der Waals surface area contributed by atoms with E-state index in [4.69, 9.17) is 29.0 Å². The van der Waals surface area contributed by atoms with Gasteiger partial charge in [0.05, 0.1) is 12.8 Å². The molecule has 19 heteroatoms. The monoisotopic (exact) mass is 839 g/mol. The summed E-state index contributed by atoms with van der Waals surface area (Å²) in [6, 6.07) is -1.20. The van der Waals surface area contributed by atoms with Crippen molar-refractivity contribution in [3.8, 4) is 0 Å². The third-order valence-corrected chi connectivity index (χ3v) is 5.16. The molecule has 0 bridgehead atoms. The van der Waals surface area contributed by atoms with Gasteiger partial charge in [0, 0.05) is 25.9 Å². The average molecular weight is 841 g/mol. The van der Waals surface area contributed by atoms with Crippen LogP contribution in [0.4, 0.5) is 9.59 Å². The molecule has 2 aliphatic rings. The molecule has 6 N–H and O–H groups in total. The van der Waals surface area contributed by atoms with Gasteiger partial charge in [-0.05, 0) is 38.5 Å². The molecular formula is C24H38Cl2N4O12Pt. The molecule has 2 unspecified atom stereocenters. The summed E-state index contributed by atoms with van der Waals surface area (Å²) >= 11 is -0.472. The number of rotatable bonds is 16. The van der Waals surface area contributed by atoms with Crippen molar-refractivity contribution < 1.29 is 74.5 Å². The van der Waals surface area contributed by atoms with Crippen LogP contribution in [0.25, 0.3) is 0 Å². The Bertz CT molecular complexity index is 870. The van der Waals surface area contributed by atoms with Crippen molar-refractivity contribution in [3.63, 3.8) is 0 Å². The van der Waals surface area contributed by atoms with Crippen LogP contribution in [-0.2, 0) is 54.7 Å². The van der Waals surface area contributed by atoms with Gasteiger partial charge in [-0.3, -0.25) is 19.2 Å². The molecule has 16 nitrogen and oxygen atoms in total. The molecule has 0 saturated carbocycles. The zero-order valence-corrected chi connectivity index (χ0v) is 27.5. The molecule has 250 valence electrons. The fourth-order valence-corrected chi connectivity index (χ4v) is 3.19. The first kappa shape index (κ1) is 44.5. The van der Waals surface area contributed by atoms with Gasteiger partial charge in [-0.15, -0.1) is 0 Å². The second-order valence-corrected chi connectivity index (χ2v) is 11.6. The maximum atomic E-state index is 11.2. The fraction of sp³-hybridized carbons (Fsp3) is 0.583. The van der Waals surface area contributed by atoms with Gasteiger partial charge in [-0.2, -0.15) is 0 Å². The van der Waals surface area contributed by atoms with Crippen molar-refractivity contribution in [2.24, 2.45) is 0 Å². The number of carboxylic acids is 2. The second kappa shape index (κ2) is 26.6. The van der Waals surface area contributed by atoms with Gasteiger partial charge >= 0.3 is 71.4 Å². The molecule has 0 aromatic carbocycles. The summed E-state index contributed by atoms with van der Waals surface area (Å²) < 4.78 is 8.62. The van der Waals surface area contributed by atoms with Gasteiger partial charge in [-0.1, -0.05) is 0 Å². The maximum absolute atomic E-state index is 11.2. The van der Waals surface area contributed by atoms with Crippen molar-refractivity contribution >= 4 is 66.7 Å². The van der Waals surface area contributed by atoms with Crippen LogP contribution in [0.1, 0.15) is 64.2 Å². The molecule has 0 spiro atoms. The van der Waals surface area contributed by atoms with E-state index >= 15 is 0 Å². The number of unbranched alkanes of at least 4 members (excludes halogenated alkanes) is 2. The fourth-order valence-electron chi connectivity index (χ4n) is 3.19. The number of carbonyl (C=O) groups is 8. The number of esters is 2. The Morgan fingerprint density at radius 2 is 1.00 bits per heavy atom. The first-order valence-corrected chi connectivity index (χ1v) is 17.9. The minimum absolute atomic E-state index is 0. The Hall–Kier alpha value is -2.97. The van der Waals surface area contributed by atoms with Crippen LogP contribution in [0, 0.1) is 14.9 Å². The molecule has 2 rings (SSSR count). The molecule has 0 aromatic heterocycles. The van der Waals surface area contributed by atoms with Crippen molar-refractivity contribution in [2.45, 2.75) is 76.3 Å². The van der Waals surface area contributed by atoms with Crippen LogP contribution < -0.4 is 21.3 Å². The third-order valence-electron chi connectivity index (χ3n) is 5.16. The predicted octanol–water partition coefficient (Wildman–Crippen LogP) is 1.82. The van der Waals surface area contributed by atoms with Crippen molar-refractivity contribution in [2.75, 3.05) is 13.1 Å². The Morgan fingerprint density at radius 1 is 0.674 bits per heavy atom. The van der Waals surface area contributed by atoms with E-state index in [2.05, 4.69) is 30.7 Å².